The second-order valence-electron chi connectivity index (χ2n) is 5.41. The van der Waals surface area contributed by atoms with Gasteiger partial charge in [0.05, 0.1) is 12.3 Å². The monoisotopic (exact) mass is 287 g/mol. The largest absolute Gasteiger partial charge is 0.491 e. The molecule has 0 fully saturated rings. The van der Waals surface area contributed by atoms with Crippen molar-refractivity contribution in [2.24, 2.45) is 0 Å². The van der Waals surface area contributed by atoms with Crippen molar-refractivity contribution in [3.8, 4) is 5.75 Å². The number of anilines is 1. The van der Waals surface area contributed by atoms with Gasteiger partial charge in [-0.05, 0) is 25.6 Å². The van der Waals surface area contributed by atoms with Crippen molar-refractivity contribution >= 4 is 16.6 Å². The lowest BCUT2D eigenvalue weighted by atomic mass is 10.1. The van der Waals surface area contributed by atoms with E-state index < -0.39 is 0 Å². The molecular weight excluding hydrogens is 262 g/mol. The van der Waals surface area contributed by atoms with Crippen molar-refractivity contribution in [1.29, 1.82) is 0 Å². The van der Waals surface area contributed by atoms with Gasteiger partial charge >= 0.3 is 0 Å². The van der Waals surface area contributed by atoms with Gasteiger partial charge in [-0.25, -0.2) is 4.98 Å². The van der Waals surface area contributed by atoms with E-state index in [1.165, 1.54) is 5.69 Å². The fraction of sp³-hybridized carbons (Fsp3) is 0.471. The third kappa shape index (κ3) is 3.64. The molecule has 0 aliphatic rings. The Labute approximate surface area is 127 Å². The third-order valence-corrected chi connectivity index (χ3v) is 3.43. The zero-order valence-corrected chi connectivity index (χ0v) is 13.4. The molecule has 1 heterocycles. The molecule has 0 bridgehead atoms. The lowest BCUT2D eigenvalue weighted by molar-refractivity contribution is 0.312. The van der Waals surface area contributed by atoms with E-state index >= 15 is 0 Å². The molecule has 0 amide bonds. The molecule has 1 aromatic heterocycles. The molecule has 4 nitrogen and oxygen atoms in total. The molecule has 2 rings (SSSR count). The molecule has 0 saturated heterocycles. The summed E-state index contributed by atoms with van der Waals surface area (Å²) in [6, 6.07) is 8.28. The first kappa shape index (κ1) is 15.6. The minimum atomic E-state index is 0.741. The Hall–Kier alpha value is -1.81. The molecule has 4 heteroatoms. The van der Waals surface area contributed by atoms with Gasteiger partial charge in [0.1, 0.15) is 11.3 Å². The summed E-state index contributed by atoms with van der Waals surface area (Å²) >= 11 is 0. The lowest BCUT2D eigenvalue weighted by Crippen LogP contribution is -2.13. The quantitative estimate of drug-likeness (QED) is 0.794. The molecule has 21 heavy (non-hydrogen) atoms. The average molecular weight is 287 g/mol. The van der Waals surface area contributed by atoms with E-state index in [2.05, 4.69) is 43.4 Å². The Morgan fingerprint density at radius 2 is 2.10 bits per heavy atom. The van der Waals surface area contributed by atoms with Gasteiger partial charge in [-0.1, -0.05) is 25.5 Å². The van der Waals surface area contributed by atoms with Crippen LogP contribution < -0.4 is 15.0 Å². The summed E-state index contributed by atoms with van der Waals surface area (Å²) in [6.07, 6.45) is 2.19. The second kappa shape index (κ2) is 7.27. The topological polar surface area (TPSA) is 37.4 Å². The van der Waals surface area contributed by atoms with Gasteiger partial charge < -0.3 is 15.0 Å². The number of hydrogen-bond acceptors (Lipinski definition) is 4. The van der Waals surface area contributed by atoms with Crippen molar-refractivity contribution in [2.45, 2.75) is 26.3 Å². The summed E-state index contributed by atoms with van der Waals surface area (Å²) < 4.78 is 5.93. The van der Waals surface area contributed by atoms with Crippen molar-refractivity contribution in [1.82, 2.24) is 10.3 Å². The molecule has 2 aromatic rings. The van der Waals surface area contributed by atoms with Crippen LogP contribution in [0.15, 0.2) is 24.3 Å². The van der Waals surface area contributed by atoms with E-state index in [0.717, 1.165) is 48.3 Å². The van der Waals surface area contributed by atoms with Crippen LogP contribution in [0.1, 0.15) is 25.5 Å². The van der Waals surface area contributed by atoms with Gasteiger partial charge in [0.2, 0.25) is 0 Å². The normalized spacial score (nSPS) is 10.9. The Bertz CT molecular complexity index is 596. The average Bonchev–Trinajstić information content (AvgIpc) is 2.47. The summed E-state index contributed by atoms with van der Waals surface area (Å²) in [4.78, 5) is 6.90. The maximum atomic E-state index is 5.93. The zero-order chi connectivity index (χ0) is 15.2. The highest BCUT2D eigenvalue weighted by Gasteiger charge is 2.11. The number of fused-ring (bicyclic) bond motifs is 1. The first-order valence-corrected chi connectivity index (χ1v) is 7.54. The molecule has 0 unspecified atom stereocenters. The van der Waals surface area contributed by atoms with Crippen molar-refractivity contribution in [3.05, 3.63) is 30.0 Å². The summed E-state index contributed by atoms with van der Waals surface area (Å²) in [5, 5.41) is 4.30. The molecule has 0 radical (unpaired) electrons. The summed E-state index contributed by atoms with van der Waals surface area (Å²) in [7, 11) is 6.05. The fourth-order valence-electron chi connectivity index (χ4n) is 2.34. The van der Waals surface area contributed by atoms with Crippen LogP contribution in [0, 0.1) is 0 Å². The number of nitrogens with one attached hydrogen (secondary N) is 1. The first-order valence-electron chi connectivity index (χ1n) is 7.54. The number of benzene rings is 1. The molecular formula is C17H25N3O. The van der Waals surface area contributed by atoms with Crippen molar-refractivity contribution < 1.29 is 4.74 Å². The van der Waals surface area contributed by atoms with Crippen molar-refractivity contribution in [2.75, 3.05) is 32.6 Å². The lowest BCUT2D eigenvalue weighted by Gasteiger charge is -2.18. The van der Waals surface area contributed by atoms with Crippen LogP contribution in [0.5, 0.6) is 5.75 Å². The van der Waals surface area contributed by atoms with E-state index in [-0.39, 0.29) is 0 Å². The molecule has 0 aliphatic heterocycles. The molecule has 0 aliphatic carbocycles. The minimum absolute atomic E-state index is 0.741. The highest BCUT2D eigenvalue weighted by Crippen LogP contribution is 2.31. The minimum Gasteiger partial charge on any atom is -0.491 e. The molecule has 0 atom stereocenters. The molecule has 0 spiro atoms. The Balaban J connectivity index is 2.50. The highest BCUT2D eigenvalue weighted by molar-refractivity contribution is 5.95. The van der Waals surface area contributed by atoms with Gasteiger partial charge in [0.25, 0.3) is 0 Å². The van der Waals surface area contributed by atoms with Crippen molar-refractivity contribution in [3.63, 3.8) is 0 Å². The van der Waals surface area contributed by atoms with Crippen LogP contribution in [-0.4, -0.2) is 32.7 Å². The number of aromatic nitrogens is 1. The molecule has 0 saturated carbocycles. The Morgan fingerprint density at radius 1 is 1.29 bits per heavy atom. The molecule has 1 aromatic carbocycles. The number of rotatable bonds is 7. The molecule has 1 N–H and O–H groups in total. The highest BCUT2D eigenvalue weighted by atomic mass is 16.5. The summed E-state index contributed by atoms with van der Waals surface area (Å²) in [5.41, 5.74) is 3.15. The maximum absolute atomic E-state index is 5.93. The van der Waals surface area contributed by atoms with Crippen LogP contribution >= 0.6 is 0 Å². The smallest absolute Gasteiger partial charge is 0.145 e. The Kier molecular flexibility index (Phi) is 5.39. The van der Waals surface area contributed by atoms with Crippen LogP contribution in [0.4, 0.5) is 5.69 Å². The number of para-hydroxylation sites is 1. The van der Waals surface area contributed by atoms with Gasteiger partial charge in [-0.3, -0.25) is 0 Å². The van der Waals surface area contributed by atoms with Crippen LogP contribution in [0.2, 0.25) is 0 Å². The van der Waals surface area contributed by atoms with E-state index in [9.17, 15) is 0 Å². The first-order chi connectivity index (χ1) is 10.2. The van der Waals surface area contributed by atoms with Gasteiger partial charge in [-0.15, -0.1) is 0 Å². The van der Waals surface area contributed by atoms with E-state index in [0.29, 0.717) is 0 Å². The molecule has 114 valence electrons. The van der Waals surface area contributed by atoms with E-state index in [1.807, 2.05) is 19.2 Å². The number of unbranched alkanes of at least 4 members (excludes halogenated alkanes) is 1. The van der Waals surface area contributed by atoms with Crippen LogP contribution in [-0.2, 0) is 6.54 Å². The Morgan fingerprint density at radius 3 is 2.76 bits per heavy atom. The van der Waals surface area contributed by atoms with Gasteiger partial charge in [0, 0.05) is 31.7 Å². The summed E-state index contributed by atoms with van der Waals surface area (Å²) in [6.45, 7) is 3.66. The maximum Gasteiger partial charge on any atom is 0.145 e. The van der Waals surface area contributed by atoms with E-state index in [1.54, 1.807) is 0 Å². The SMILES string of the molecule is CCCCOc1cccc2c(N(C)C)cc(CNC)nc12. The second-order valence-corrected chi connectivity index (χ2v) is 5.41. The fourth-order valence-corrected chi connectivity index (χ4v) is 2.34. The van der Waals surface area contributed by atoms with Gasteiger partial charge in [-0.2, -0.15) is 0 Å². The number of pyridine rings is 1. The predicted octanol–water partition coefficient (Wildman–Crippen LogP) is 3.20. The van der Waals surface area contributed by atoms with Crippen LogP contribution in [0.3, 0.4) is 0 Å². The number of nitrogens with zero attached hydrogens (tertiary/aromatic N) is 2. The van der Waals surface area contributed by atoms with Gasteiger partial charge in [0.15, 0.2) is 0 Å². The number of hydrogen-bond donors (Lipinski definition) is 1. The number of ether oxygens (including phenoxy) is 1. The predicted molar refractivity (Wildman–Crippen MR) is 89.2 cm³/mol. The third-order valence-electron chi connectivity index (χ3n) is 3.43. The van der Waals surface area contributed by atoms with E-state index in [4.69, 9.17) is 9.72 Å². The van der Waals surface area contributed by atoms with Crippen LogP contribution in [0.25, 0.3) is 10.9 Å². The summed E-state index contributed by atoms with van der Waals surface area (Å²) in [5.74, 6) is 0.877. The standard InChI is InChI=1S/C17H25N3O/c1-5-6-10-21-16-9-7-8-14-15(20(3)4)11-13(12-18-2)19-17(14)16/h7-9,11,18H,5-6,10,12H2,1-4H3. The zero-order valence-electron chi connectivity index (χ0n) is 13.4.